The second-order valence-electron chi connectivity index (χ2n) is 5.91. The molecule has 0 spiro atoms. The van der Waals surface area contributed by atoms with Crippen LogP contribution in [0.5, 0.6) is 0 Å². The maximum atomic E-state index is 12.7. The molecule has 0 bridgehead atoms. The van der Waals surface area contributed by atoms with E-state index >= 15 is 0 Å². The predicted octanol–water partition coefficient (Wildman–Crippen LogP) is 4.25. The molecule has 0 aliphatic heterocycles. The van der Waals surface area contributed by atoms with Gasteiger partial charge < -0.3 is 0 Å². The largest absolute Gasteiger partial charge is 0.279 e. The first-order chi connectivity index (χ1) is 11.5. The second kappa shape index (κ2) is 6.88. The smallest absolute Gasteiger partial charge is 0.261 e. The van der Waals surface area contributed by atoms with Gasteiger partial charge in [-0.1, -0.05) is 6.07 Å². The SMILES string of the molecule is Cc1cc(SC#N)ccc1NS(=O)(=O)c1ccc2c(c1)CCCC2. The van der Waals surface area contributed by atoms with Crippen molar-refractivity contribution in [3.05, 3.63) is 53.1 Å². The molecule has 2 aromatic rings. The molecule has 3 rings (SSSR count). The van der Waals surface area contributed by atoms with Crippen molar-refractivity contribution in [1.82, 2.24) is 0 Å². The Kier molecular flexibility index (Phi) is 4.83. The molecule has 24 heavy (non-hydrogen) atoms. The van der Waals surface area contributed by atoms with Crippen LogP contribution >= 0.6 is 11.8 Å². The van der Waals surface area contributed by atoms with Crippen molar-refractivity contribution in [2.75, 3.05) is 4.72 Å². The number of sulfonamides is 1. The molecule has 6 heteroatoms. The summed E-state index contributed by atoms with van der Waals surface area (Å²) in [6.45, 7) is 1.83. The molecule has 1 aliphatic rings. The Morgan fingerprint density at radius 2 is 1.83 bits per heavy atom. The third kappa shape index (κ3) is 3.58. The van der Waals surface area contributed by atoms with Gasteiger partial charge in [-0.05, 0) is 91.4 Å². The van der Waals surface area contributed by atoms with Crippen molar-refractivity contribution in [1.29, 1.82) is 5.26 Å². The Bertz CT molecular complexity index is 915. The van der Waals surface area contributed by atoms with E-state index in [0.717, 1.165) is 47.0 Å². The highest BCUT2D eigenvalue weighted by molar-refractivity contribution is 8.03. The number of nitriles is 1. The predicted molar refractivity (Wildman–Crippen MR) is 96.5 cm³/mol. The third-order valence-electron chi connectivity index (χ3n) is 4.24. The zero-order valence-electron chi connectivity index (χ0n) is 13.4. The van der Waals surface area contributed by atoms with Crippen LogP contribution in [0.15, 0.2) is 46.2 Å². The molecular weight excluding hydrogens is 340 g/mol. The number of nitrogens with zero attached hydrogens (tertiary/aromatic N) is 1. The summed E-state index contributed by atoms with van der Waals surface area (Å²) < 4.78 is 28.0. The number of fused-ring (bicyclic) bond motifs is 1. The lowest BCUT2D eigenvalue weighted by Gasteiger charge is -2.17. The molecule has 0 saturated carbocycles. The quantitative estimate of drug-likeness (QED) is 0.655. The standard InChI is InChI=1S/C18H18N2O2S2/c1-13-10-16(23-12-19)7-9-18(13)20-24(21,22)17-8-6-14-4-2-3-5-15(14)11-17/h6-11,20H,2-5H2,1H3. The number of anilines is 1. The Labute approximate surface area is 146 Å². The fourth-order valence-electron chi connectivity index (χ4n) is 2.95. The minimum Gasteiger partial charge on any atom is -0.279 e. The van der Waals surface area contributed by atoms with Crippen LogP contribution in [0.2, 0.25) is 0 Å². The van der Waals surface area contributed by atoms with Crippen molar-refractivity contribution in [3.63, 3.8) is 0 Å². The Hall–Kier alpha value is -1.97. The number of thiocyanates is 1. The van der Waals surface area contributed by atoms with Gasteiger partial charge in [0.25, 0.3) is 10.0 Å². The van der Waals surface area contributed by atoms with Gasteiger partial charge in [0.2, 0.25) is 0 Å². The van der Waals surface area contributed by atoms with E-state index in [4.69, 9.17) is 5.26 Å². The van der Waals surface area contributed by atoms with Crippen molar-refractivity contribution in [2.45, 2.75) is 42.4 Å². The van der Waals surface area contributed by atoms with Gasteiger partial charge in [0, 0.05) is 4.90 Å². The van der Waals surface area contributed by atoms with Crippen molar-refractivity contribution in [2.24, 2.45) is 0 Å². The maximum Gasteiger partial charge on any atom is 0.261 e. The van der Waals surface area contributed by atoms with E-state index in [0.29, 0.717) is 10.6 Å². The minimum atomic E-state index is -3.62. The van der Waals surface area contributed by atoms with Crippen molar-refractivity contribution >= 4 is 27.5 Å². The van der Waals surface area contributed by atoms with Crippen LogP contribution in [0.4, 0.5) is 5.69 Å². The highest BCUT2D eigenvalue weighted by atomic mass is 32.2. The second-order valence-corrected chi connectivity index (χ2v) is 8.45. The molecule has 2 aromatic carbocycles. The molecule has 0 amide bonds. The molecule has 0 saturated heterocycles. The van der Waals surface area contributed by atoms with E-state index in [-0.39, 0.29) is 0 Å². The molecule has 0 heterocycles. The summed E-state index contributed by atoms with van der Waals surface area (Å²) in [6.07, 6.45) is 4.25. The summed E-state index contributed by atoms with van der Waals surface area (Å²) in [6, 6.07) is 10.7. The van der Waals surface area contributed by atoms with Crippen molar-refractivity contribution < 1.29 is 8.42 Å². The topological polar surface area (TPSA) is 70.0 Å². The Balaban J connectivity index is 1.88. The molecule has 1 aliphatic carbocycles. The number of benzene rings is 2. The molecule has 124 valence electrons. The highest BCUT2D eigenvalue weighted by Gasteiger charge is 2.18. The van der Waals surface area contributed by atoms with Crippen LogP contribution in [0.1, 0.15) is 29.5 Å². The maximum absolute atomic E-state index is 12.7. The zero-order chi connectivity index (χ0) is 17.2. The first-order valence-electron chi connectivity index (χ1n) is 7.81. The monoisotopic (exact) mass is 358 g/mol. The number of hydrogen-bond acceptors (Lipinski definition) is 4. The molecule has 0 aromatic heterocycles. The number of aryl methyl sites for hydroxylation is 3. The highest BCUT2D eigenvalue weighted by Crippen LogP contribution is 2.27. The number of nitrogens with one attached hydrogen (secondary N) is 1. The van der Waals surface area contributed by atoms with Crippen LogP contribution in [0.25, 0.3) is 0 Å². The van der Waals surface area contributed by atoms with Crippen LogP contribution in [-0.2, 0) is 22.9 Å². The number of rotatable bonds is 4. The first-order valence-corrected chi connectivity index (χ1v) is 10.1. The first kappa shape index (κ1) is 16.9. The van der Waals surface area contributed by atoms with Gasteiger partial charge in [0.15, 0.2) is 0 Å². The van der Waals surface area contributed by atoms with Gasteiger partial charge in [-0.15, -0.1) is 0 Å². The van der Waals surface area contributed by atoms with E-state index in [9.17, 15) is 8.42 Å². The summed E-state index contributed by atoms with van der Waals surface area (Å²) in [5.41, 5.74) is 3.72. The van der Waals surface area contributed by atoms with E-state index in [1.165, 1.54) is 12.0 Å². The van der Waals surface area contributed by atoms with Gasteiger partial charge in [-0.3, -0.25) is 4.72 Å². The summed E-state index contributed by atoms with van der Waals surface area (Å²) >= 11 is 1.06. The fourth-order valence-corrected chi connectivity index (χ4v) is 4.61. The molecular formula is C18H18N2O2S2. The van der Waals surface area contributed by atoms with Crippen LogP contribution < -0.4 is 4.72 Å². The fraction of sp³-hybridized carbons (Fsp3) is 0.278. The summed E-state index contributed by atoms with van der Waals surface area (Å²) in [4.78, 5) is 1.10. The summed E-state index contributed by atoms with van der Waals surface area (Å²) in [5.74, 6) is 0. The van der Waals surface area contributed by atoms with E-state index < -0.39 is 10.0 Å². The average Bonchev–Trinajstić information content (AvgIpc) is 2.57. The molecule has 0 unspecified atom stereocenters. The number of thioether (sulfide) groups is 1. The zero-order valence-corrected chi connectivity index (χ0v) is 15.0. The molecule has 4 nitrogen and oxygen atoms in total. The normalized spacial score (nSPS) is 13.8. The van der Waals surface area contributed by atoms with Gasteiger partial charge in [0.1, 0.15) is 5.40 Å². The minimum absolute atomic E-state index is 0.304. The van der Waals surface area contributed by atoms with Crippen LogP contribution in [0, 0.1) is 17.6 Å². The molecule has 0 atom stereocenters. The molecule has 0 fully saturated rings. The lowest BCUT2D eigenvalue weighted by molar-refractivity contribution is 0.600. The third-order valence-corrected chi connectivity index (χ3v) is 6.18. The van der Waals surface area contributed by atoms with Crippen LogP contribution in [-0.4, -0.2) is 8.42 Å². The number of hydrogen-bond donors (Lipinski definition) is 1. The van der Waals surface area contributed by atoms with Gasteiger partial charge in [-0.25, -0.2) is 8.42 Å². The van der Waals surface area contributed by atoms with Crippen LogP contribution in [0.3, 0.4) is 0 Å². The average molecular weight is 358 g/mol. The van der Waals surface area contributed by atoms with E-state index in [1.54, 1.807) is 30.3 Å². The van der Waals surface area contributed by atoms with Gasteiger partial charge in [-0.2, -0.15) is 5.26 Å². The van der Waals surface area contributed by atoms with E-state index in [1.807, 2.05) is 18.4 Å². The Morgan fingerprint density at radius 1 is 1.08 bits per heavy atom. The lowest BCUT2D eigenvalue weighted by atomic mass is 9.92. The van der Waals surface area contributed by atoms with Gasteiger partial charge >= 0.3 is 0 Å². The molecule has 0 radical (unpaired) electrons. The van der Waals surface area contributed by atoms with E-state index in [2.05, 4.69) is 4.72 Å². The summed E-state index contributed by atoms with van der Waals surface area (Å²) in [7, 11) is -3.62. The van der Waals surface area contributed by atoms with Gasteiger partial charge in [0.05, 0.1) is 10.6 Å². The summed E-state index contributed by atoms with van der Waals surface area (Å²) in [5, 5.41) is 10.7. The lowest BCUT2D eigenvalue weighted by Crippen LogP contribution is -2.15. The molecule has 1 N–H and O–H groups in total. The van der Waals surface area contributed by atoms with Crippen molar-refractivity contribution in [3.8, 4) is 5.40 Å². The Morgan fingerprint density at radius 3 is 2.54 bits per heavy atom.